The van der Waals surface area contributed by atoms with E-state index >= 15 is 0 Å². The van der Waals surface area contributed by atoms with Crippen LogP contribution in [0.5, 0.6) is 0 Å². The molecule has 0 bridgehead atoms. The fraction of sp³-hybridized carbons (Fsp3) is 0.417. The summed E-state index contributed by atoms with van der Waals surface area (Å²) in [6.07, 6.45) is 1.58. The third kappa shape index (κ3) is 2.59. The third-order valence-electron chi connectivity index (χ3n) is 2.90. The number of hydrogen-bond acceptors (Lipinski definition) is 4. The highest BCUT2D eigenvalue weighted by Gasteiger charge is 2.26. The number of halogens is 1. The average Bonchev–Trinajstić information content (AvgIpc) is 2.81. The molecule has 0 fully saturated rings. The first kappa shape index (κ1) is 13.2. The van der Waals surface area contributed by atoms with Gasteiger partial charge in [-0.15, -0.1) is 5.10 Å². The molecular weight excluding hydrogens is 296 g/mol. The second kappa shape index (κ2) is 5.16. The van der Waals surface area contributed by atoms with Gasteiger partial charge in [-0.25, -0.2) is 5.10 Å². The van der Waals surface area contributed by atoms with Gasteiger partial charge in [0.25, 0.3) is 0 Å². The summed E-state index contributed by atoms with van der Waals surface area (Å²) in [5.74, 6) is 0.558. The van der Waals surface area contributed by atoms with Gasteiger partial charge < -0.3 is 5.11 Å². The van der Waals surface area contributed by atoms with E-state index in [1.807, 2.05) is 32.0 Å². The molecule has 0 saturated carbocycles. The van der Waals surface area contributed by atoms with Crippen LogP contribution in [-0.2, 0) is 5.60 Å². The van der Waals surface area contributed by atoms with E-state index in [0.29, 0.717) is 12.2 Å². The molecule has 1 heterocycles. The van der Waals surface area contributed by atoms with Gasteiger partial charge >= 0.3 is 0 Å². The van der Waals surface area contributed by atoms with Crippen LogP contribution in [0.15, 0.2) is 22.7 Å². The van der Waals surface area contributed by atoms with Crippen LogP contribution in [0.1, 0.15) is 32.3 Å². The number of rotatable bonds is 4. The van der Waals surface area contributed by atoms with Crippen LogP contribution in [-0.4, -0.2) is 25.7 Å². The standard InChI is InChI=1S/C12H15BrN4O/c1-3-6-12(2,18)10-5-4-8(13)7-9(10)11-14-16-17-15-11/h4-5,7,18H,3,6H2,1-2H3,(H,14,15,16,17). The number of H-pyrrole nitrogens is 1. The van der Waals surface area contributed by atoms with Crippen molar-refractivity contribution in [1.29, 1.82) is 0 Å². The van der Waals surface area contributed by atoms with E-state index < -0.39 is 5.60 Å². The van der Waals surface area contributed by atoms with Gasteiger partial charge in [0.1, 0.15) is 0 Å². The van der Waals surface area contributed by atoms with Crippen molar-refractivity contribution in [3.05, 3.63) is 28.2 Å². The number of aromatic amines is 1. The lowest BCUT2D eigenvalue weighted by atomic mass is 9.87. The second-order valence-corrected chi connectivity index (χ2v) is 5.38. The highest BCUT2D eigenvalue weighted by Crippen LogP contribution is 2.34. The molecule has 0 aliphatic heterocycles. The summed E-state index contributed by atoms with van der Waals surface area (Å²) < 4.78 is 0.921. The summed E-state index contributed by atoms with van der Waals surface area (Å²) in [5, 5.41) is 24.4. The Bertz CT molecular complexity index is 525. The minimum Gasteiger partial charge on any atom is -0.385 e. The first-order chi connectivity index (χ1) is 8.54. The van der Waals surface area contributed by atoms with Crippen molar-refractivity contribution in [2.24, 2.45) is 0 Å². The summed E-state index contributed by atoms with van der Waals surface area (Å²) in [6.45, 7) is 3.86. The highest BCUT2D eigenvalue weighted by atomic mass is 79.9. The monoisotopic (exact) mass is 310 g/mol. The normalized spacial score (nSPS) is 14.4. The summed E-state index contributed by atoms with van der Waals surface area (Å²) in [5.41, 5.74) is 0.747. The van der Waals surface area contributed by atoms with Crippen LogP contribution in [0.2, 0.25) is 0 Å². The summed E-state index contributed by atoms with van der Waals surface area (Å²) in [7, 11) is 0. The van der Waals surface area contributed by atoms with Crippen molar-refractivity contribution in [3.63, 3.8) is 0 Å². The summed E-state index contributed by atoms with van der Waals surface area (Å²) in [4.78, 5) is 0. The van der Waals surface area contributed by atoms with E-state index in [1.54, 1.807) is 0 Å². The maximum absolute atomic E-state index is 10.6. The van der Waals surface area contributed by atoms with Crippen molar-refractivity contribution < 1.29 is 5.11 Å². The molecule has 0 aliphatic rings. The zero-order valence-electron chi connectivity index (χ0n) is 10.3. The molecule has 2 N–H and O–H groups in total. The van der Waals surface area contributed by atoms with E-state index in [1.165, 1.54) is 0 Å². The van der Waals surface area contributed by atoms with E-state index in [0.717, 1.165) is 22.0 Å². The van der Waals surface area contributed by atoms with Crippen LogP contribution in [0.3, 0.4) is 0 Å². The quantitative estimate of drug-likeness (QED) is 0.910. The number of benzene rings is 1. The van der Waals surface area contributed by atoms with Crippen LogP contribution in [0.25, 0.3) is 11.4 Å². The molecule has 5 nitrogen and oxygen atoms in total. The molecule has 0 saturated heterocycles. The lowest BCUT2D eigenvalue weighted by molar-refractivity contribution is 0.0475. The topological polar surface area (TPSA) is 74.7 Å². The van der Waals surface area contributed by atoms with Crippen LogP contribution in [0, 0.1) is 0 Å². The Labute approximate surface area is 114 Å². The van der Waals surface area contributed by atoms with Gasteiger partial charge in [0, 0.05) is 10.0 Å². The summed E-state index contributed by atoms with van der Waals surface area (Å²) in [6, 6.07) is 5.71. The lowest BCUT2D eigenvalue weighted by Gasteiger charge is -2.25. The maximum Gasteiger partial charge on any atom is 0.179 e. The van der Waals surface area contributed by atoms with Gasteiger partial charge in [0.2, 0.25) is 0 Å². The molecule has 96 valence electrons. The largest absolute Gasteiger partial charge is 0.385 e. The van der Waals surface area contributed by atoms with E-state index in [-0.39, 0.29) is 0 Å². The van der Waals surface area contributed by atoms with Crippen molar-refractivity contribution in [2.45, 2.75) is 32.3 Å². The van der Waals surface area contributed by atoms with Crippen LogP contribution in [0.4, 0.5) is 0 Å². The molecule has 1 atom stereocenters. The predicted molar refractivity (Wildman–Crippen MR) is 71.8 cm³/mol. The lowest BCUT2D eigenvalue weighted by Crippen LogP contribution is -2.21. The molecule has 0 amide bonds. The first-order valence-electron chi connectivity index (χ1n) is 5.81. The van der Waals surface area contributed by atoms with Crippen molar-refractivity contribution in [2.75, 3.05) is 0 Å². The van der Waals surface area contributed by atoms with Crippen molar-refractivity contribution >= 4 is 15.9 Å². The molecule has 0 radical (unpaired) electrons. The van der Waals surface area contributed by atoms with E-state index in [2.05, 4.69) is 36.6 Å². The Balaban J connectivity index is 2.54. The molecule has 2 aromatic rings. The van der Waals surface area contributed by atoms with Gasteiger partial charge in [0.05, 0.1) is 5.60 Å². The van der Waals surface area contributed by atoms with Crippen LogP contribution < -0.4 is 0 Å². The Morgan fingerprint density at radius 3 is 2.83 bits per heavy atom. The van der Waals surface area contributed by atoms with Gasteiger partial charge in [-0.1, -0.05) is 35.3 Å². The predicted octanol–water partition coefficient (Wildman–Crippen LogP) is 2.64. The average molecular weight is 311 g/mol. The molecule has 0 aliphatic carbocycles. The fourth-order valence-electron chi connectivity index (χ4n) is 2.08. The second-order valence-electron chi connectivity index (χ2n) is 4.46. The number of tetrazole rings is 1. The minimum absolute atomic E-state index is 0.558. The minimum atomic E-state index is -0.891. The summed E-state index contributed by atoms with van der Waals surface area (Å²) >= 11 is 3.42. The zero-order valence-corrected chi connectivity index (χ0v) is 11.9. The van der Waals surface area contributed by atoms with Crippen LogP contribution >= 0.6 is 15.9 Å². The Morgan fingerprint density at radius 2 is 2.22 bits per heavy atom. The molecule has 0 spiro atoms. The third-order valence-corrected chi connectivity index (χ3v) is 3.39. The fourth-order valence-corrected chi connectivity index (χ4v) is 2.44. The van der Waals surface area contributed by atoms with Gasteiger partial charge in [0.15, 0.2) is 5.82 Å². The zero-order chi connectivity index (χ0) is 13.2. The Kier molecular flexibility index (Phi) is 3.77. The Morgan fingerprint density at radius 1 is 1.44 bits per heavy atom. The van der Waals surface area contributed by atoms with Gasteiger partial charge in [-0.2, -0.15) is 0 Å². The number of aromatic nitrogens is 4. The highest BCUT2D eigenvalue weighted by molar-refractivity contribution is 9.10. The Hall–Kier alpha value is -1.27. The first-order valence-corrected chi connectivity index (χ1v) is 6.60. The van der Waals surface area contributed by atoms with Gasteiger partial charge in [-0.05, 0) is 41.5 Å². The number of hydrogen-bond donors (Lipinski definition) is 2. The SMILES string of the molecule is CCCC(C)(O)c1ccc(Br)cc1-c1nnn[nH]1. The molecule has 2 rings (SSSR count). The number of nitrogens with zero attached hydrogens (tertiary/aromatic N) is 3. The van der Waals surface area contributed by atoms with Gasteiger partial charge in [-0.3, -0.25) is 0 Å². The molecule has 1 aromatic carbocycles. The number of nitrogens with one attached hydrogen (secondary N) is 1. The molecule has 1 aromatic heterocycles. The molecule has 1 unspecified atom stereocenters. The maximum atomic E-state index is 10.6. The molecular formula is C12H15BrN4O. The van der Waals surface area contributed by atoms with E-state index in [4.69, 9.17) is 0 Å². The van der Waals surface area contributed by atoms with Crippen molar-refractivity contribution in [3.8, 4) is 11.4 Å². The molecule has 18 heavy (non-hydrogen) atoms. The smallest absolute Gasteiger partial charge is 0.179 e. The van der Waals surface area contributed by atoms with Crippen molar-refractivity contribution in [1.82, 2.24) is 20.6 Å². The number of aliphatic hydroxyl groups is 1. The molecule has 6 heteroatoms. The van der Waals surface area contributed by atoms with E-state index in [9.17, 15) is 5.11 Å².